The summed E-state index contributed by atoms with van der Waals surface area (Å²) in [7, 11) is 0. The molecule has 4 N–H and O–H groups in total. The minimum atomic E-state index is -1.53. The highest BCUT2D eigenvalue weighted by Gasteiger charge is 2.13. The van der Waals surface area contributed by atoms with Gasteiger partial charge in [-0.25, -0.2) is 18.2 Å². The standard InChI is InChI=1S/C17H14F3N5O2/c18-11-1-9(2-12(19)16(11)20)5-25-6-15(23-8-25)24-17(27)10-3-13(21)14(7-26)22-4-10/h1-4,6,8,26H,5,7,21H2,(H,24,27). The quantitative estimate of drug-likeness (QED) is 0.590. The van der Waals surface area contributed by atoms with E-state index in [0.29, 0.717) is 0 Å². The molecule has 0 spiro atoms. The number of benzene rings is 1. The third-order valence-corrected chi connectivity index (χ3v) is 3.70. The van der Waals surface area contributed by atoms with Gasteiger partial charge in [0, 0.05) is 18.9 Å². The number of carbonyl (C=O) groups excluding carboxylic acids is 1. The maximum Gasteiger partial charge on any atom is 0.258 e. The van der Waals surface area contributed by atoms with Gasteiger partial charge in [-0.05, 0) is 23.8 Å². The number of aliphatic hydroxyl groups is 1. The van der Waals surface area contributed by atoms with Crippen LogP contribution in [0.1, 0.15) is 21.6 Å². The first-order chi connectivity index (χ1) is 12.9. The molecule has 0 aliphatic rings. The summed E-state index contributed by atoms with van der Waals surface area (Å²) >= 11 is 0. The fraction of sp³-hybridized carbons (Fsp3) is 0.118. The maximum atomic E-state index is 13.3. The van der Waals surface area contributed by atoms with Crippen molar-refractivity contribution in [2.24, 2.45) is 0 Å². The SMILES string of the molecule is Nc1cc(C(=O)Nc2cn(Cc3cc(F)c(F)c(F)c3)cn2)cnc1CO. The van der Waals surface area contributed by atoms with Gasteiger partial charge in [0.1, 0.15) is 0 Å². The fourth-order valence-corrected chi connectivity index (χ4v) is 2.38. The number of rotatable bonds is 5. The van der Waals surface area contributed by atoms with E-state index in [1.807, 2.05) is 0 Å². The molecule has 27 heavy (non-hydrogen) atoms. The molecule has 3 aromatic rings. The van der Waals surface area contributed by atoms with Gasteiger partial charge in [-0.1, -0.05) is 0 Å². The van der Waals surface area contributed by atoms with Crippen molar-refractivity contribution in [2.75, 3.05) is 11.1 Å². The molecular formula is C17H14F3N5O2. The van der Waals surface area contributed by atoms with Crippen LogP contribution in [0.15, 0.2) is 36.9 Å². The van der Waals surface area contributed by atoms with Gasteiger partial charge in [-0.3, -0.25) is 9.78 Å². The Kier molecular flexibility index (Phi) is 5.08. The van der Waals surface area contributed by atoms with Crippen molar-refractivity contribution >= 4 is 17.4 Å². The summed E-state index contributed by atoms with van der Waals surface area (Å²) in [5, 5.41) is 11.6. The average molecular weight is 377 g/mol. The highest BCUT2D eigenvalue weighted by Crippen LogP contribution is 2.16. The predicted octanol–water partition coefficient (Wildman–Crippen LogP) is 2.07. The van der Waals surface area contributed by atoms with Gasteiger partial charge < -0.3 is 20.7 Å². The van der Waals surface area contributed by atoms with Crippen LogP contribution in [0, 0.1) is 17.5 Å². The highest BCUT2D eigenvalue weighted by molar-refractivity contribution is 6.04. The van der Waals surface area contributed by atoms with E-state index in [4.69, 9.17) is 10.8 Å². The van der Waals surface area contributed by atoms with Crippen LogP contribution in [0.3, 0.4) is 0 Å². The second kappa shape index (κ2) is 7.46. The van der Waals surface area contributed by atoms with E-state index in [2.05, 4.69) is 15.3 Å². The summed E-state index contributed by atoms with van der Waals surface area (Å²) < 4.78 is 41.0. The van der Waals surface area contributed by atoms with Crippen LogP contribution < -0.4 is 11.1 Å². The number of pyridine rings is 1. The van der Waals surface area contributed by atoms with Crippen LogP contribution in [0.25, 0.3) is 0 Å². The molecule has 1 amide bonds. The number of halogens is 3. The zero-order valence-corrected chi connectivity index (χ0v) is 13.8. The number of aromatic nitrogens is 3. The van der Waals surface area contributed by atoms with Crippen LogP contribution in [0.4, 0.5) is 24.7 Å². The van der Waals surface area contributed by atoms with Gasteiger partial charge in [0.05, 0.1) is 29.9 Å². The number of hydrogen-bond acceptors (Lipinski definition) is 5. The van der Waals surface area contributed by atoms with Crippen LogP contribution in [-0.4, -0.2) is 25.5 Å². The number of nitrogen functional groups attached to an aromatic ring is 1. The number of aliphatic hydroxyl groups excluding tert-OH is 1. The minimum Gasteiger partial charge on any atom is -0.397 e. The Bertz CT molecular complexity index is 983. The number of nitrogens with two attached hydrogens (primary N) is 1. The van der Waals surface area contributed by atoms with Gasteiger partial charge in [0.25, 0.3) is 5.91 Å². The second-order valence-electron chi connectivity index (χ2n) is 5.68. The number of imidazole rings is 1. The Morgan fingerprint density at radius 3 is 2.52 bits per heavy atom. The number of amides is 1. The van der Waals surface area contributed by atoms with Gasteiger partial charge in [0.2, 0.25) is 0 Å². The molecular weight excluding hydrogens is 363 g/mol. The number of anilines is 2. The van der Waals surface area contributed by atoms with Crippen molar-refractivity contribution in [3.63, 3.8) is 0 Å². The molecule has 1 aromatic carbocycles. The van der Waals surface area contributed by atoms with Crippen LogP contribution >= 0.6 is 0 Å². The van der Waals surface area contributed by atoms with E-state index in [1.54, 1.807) is 0 Å². The lowest BCUT2D eigenvalue weighted by atomic mass is 10.2. The van der Waals surface area contributed by atoms with E-state index in [1.165, 1.54) is 29.4 Å². The van der Waals surface area contributed by atoms with Crippen molar-refractivity contribution in [1.82, 2.24) is 14.5 Å². The monoisotopic (exact) mass is 377 g/mol. The molecule has 0 bridgehead atoms. The first-order valence-electron chi connectivity index (χ1n) is 7.69. The molecule has 2 aromatic heterocycles. The Morgan fingerprint density at radius 2 is 1.89 bits per heavy atom. The Labute approximate surface area is 151 Å². The minimum absolute atomic E-state index is 0.0245. The van der Waals surface area contributed by atoms with Crippen LogP contribution in [0.5, 0.6) is 0 Å². The van der Waals surface area contributed by atoms with E-state index >= 15 is 0 Å². The first-order valence-corrected chi connectivity index (χ1v) is 7.69. The molecule has 7 nitrogen and oxygen atoms in total. The van der Waals surface area contributed by atoms with Crippen molar-refractivity contribution in [2.45, 2.75) is 13.2 Å². The molecule has 3 rings (SSSR count). The van der Waals surface area contributed by atoms with Gasteiger partial charge in [0.15, 0.2) is 23.3 Å². The lowest BCUT2D eigenvalue weighted by Gasteiger charge is -2.06. The molecule has 2 heterocycles. The van der Waals surface area contributed by atoms with Gasteiger partial charge in [-0.15, -0.1) is 0 Å². The number of nitrogens with zero attached hydrogens (tertiary/aromatic N) is 3. The number of carbonyl (C=O) groups is 1. The van der Waals surface area contributed by atoms with E-state index < -0.39 is 23.4 Å². The molecule has 0 saturated carbocycles. The summed E-state index contributed by atoms with van der Waals surface area (Å²) in [6, 6.07) is 3.14. The summed E-state index contributed by atoms with van der Waals surface area (Å²) in [5.41, 5.74) is 6.47. The van der Waals surface area contributed by atoms with E-state index in [0.717, 1.165) is 12.1 Å². The Balaban J connectivity index is 1.71. The second-order valence-corrected chi connectivity index (χ2v) is 5.68. The topological polar surface area (TPSA) is 106 Å². The van der Waals surface area contributed by atoms with Crippen molar-refractivity contribution in [1.29, 1.82) is 0 Å². The number of nitrogens with one attached hydrogen (secondary N) is 1. The van der Waals surface area contributed by atoms with Crippen LogP contribution in [0.2, 0.25) is 0 Å². The van der Waals surface area contributed by atoms with Gasteiger partial charge in [-0.2, -0.15) is 0 Å². The van der Waals surface area contributed by atoms with E-state index in [-0.39, 0.29) is 41.5 Å². The molecule has 0 aliphatic carbocycles. The van der Waals surface area contributed by atoms with Crippen molar-refractivity contribution < 1.29 is 23.1 Å². The average Bonchev–Trinajstić information content (AvgIpc) is 3.06. The lowest BCUT2D eigenvalue weighted by Crippen LogP contribution is -2.13. The highest BCUT2D eigenvalue weighted by atomic mass is 19.2. The maximum absolute atomic E-state index is 13.3. The third-order valence-electron chi connectivity index (χ3n) is 3.70. The zero-order valence-electron chi connectivity index (χ0n) is 13.8. The summed E-state index contributed by atoms with van der Waals surface area (Å²) in [6.07, 6.45) is 4.05. The van der Waals surface area contributed by atoms with Crippen LogP contribution in [-0.2, 0) is 13.2 Å². The largest absolute Gasteiger partial charge is 0.397 e. The smallest absolute Gasteiger partial charge is 0.258 e. The summed E-state index contributed by atoms with van der Waals surface area (Å²) in [5.74, 6) is -4.43. The molecule has 140 valence electrons. The molecule has 0 fully saturated rings. The lowest BCUT2D eigenvalue weighted by molar-refractivity contribution is 0.102. The third kappa shape index (κ3) is 4.06. The molecule has 0 atom stereocenters. The Hall–Kier alpha value is -3.40. The molecule has 0 saturated heterocycles. The van der Waals surface area contributed by atoms with Crippen molar-refractivity contribution in [3.05, 3.63) is 71.2 Å². The molecule has 0 aliphatic heterocycles. The van der Waals surface area contributed by atoms with E-state index in [9.17, 15) is 18.0 Å². The zero-order chi connectivity index (χ0) is 19.6. The number of hydrogen-bond donors (Lipinski definition) is 3. The Morgan fingerprint density at radius 1 is 1.19 bits per heavy atom. The van der Waals surface area contributed by atoms with Crippen molar-refractivity contribution in [3.8, 4) is 0 Å². The molecule has 0 unspecified atom stereocenters. The predicted molar refractivity (Wildman–Crippen MR) is 90.2 cm³/mol. The fourth-order valence-electron chi connectivity index (χ4n) is 2.38. The summed E-state index contributed by atoms with van der Waals surface area (Å²) in [6.45, 7) is -0.320. The molecule has 10 heteroatoms. The normalized spacial score (nSPS) is 10.8. The van der Waals surface area contributed by atoms with Gasteiger partial charge >= 0.3 is 0 Å². The molecule has 0 radical (unpaired) electrons. The summed E-state index contributed by atoms with van der Waals surface area (Å²) in [4.78, 5) is 20.1. The first kappa shape index (κ1) is 18.4.